The first-order valence-corrected chi connectivity index (χ1v) is 6.32. The predicted molar refractivity (Wildman–Crippen MR) is 71.8 cm³/mol. The van der Waals surface area contributed by atoms with E-state index in [1.807, 2.05) is 10.7 Å². The molecule has 0 spiro atoms. The number of nitrogen functional groups attached to an aromatic ring is 1. The van der Waals surface area contributed by atoms with E-state index in [0.717, 1.165) is 31.5 Å². The highest BCUT2D eigenvalue weighted by atomic mass is 16.2. The van der Waals surface area contributed by atoms with Gasteiger partial charge in [0.15, 0.2) is 11.5 Å². The van der Waals surface area contributed by atoms with Gasteiger partial charge in [-0.3, -0.25) is 9.48 Å². The number of hydrogen-bond donors (Lipinski definition) is 2. The Balaban J connectivity index is 1.81. The zero-order chi connectivity index (χ0) is 13.2. The van der Waals surface area contributed by atoms with Crippen molar-refractivity contribution in [2.45, 2.75) is 25.8 Å². The molecule has 3 N–H and O–H groups in total. The number of hydrogen-bond acceptors (Lipinski definition) is 4. The van der Waals surface area contributed by atoms with E-state index in [4.69, 9.17) is 5.73 Å². The van der Waals surface area contributed by atoms with Crippen LogP contribution in [-0.4, -0.2) is 20.7 Å². The van der Waals surface area contributed by atoms with E-state index in [9.17, 15) is 4.79 Å². The fraction of sp³-hybridized carbons (Fsp3) is 0.308. The summed E-state index contributed by atoms with van der Waals surface area (Å²) in [5.74, 6) is 0.103. The minimum Gasteiger partial charge on any atom is -0.396 e. The second-order valence-electron chi connectivity index (χ2n) is 4.60. The van der Waals surface area contributed by atoms with Crippen LogP contribution in [0.15, 0.2) is 24.4 Å². The number of anilines is 2. The zero-order valence-corrected chi connectivity index (χ0v) is 10.5. The number of carbonyl (C=O) groups excluding carboxylic acids is 1. The van der Waals surface area contributed by atoms with E-state index >= 15 is 0 Å². The van der Waals surface area contributed by atoms with Gasteiger partial charge in [0.1, 0.15) is 0 Å². The molecule has 0 atom stereocenters. The number of nitrogens with one attached hydrogen (secondary N) is 1. The highest BCUT2D eigenvalue weighted by molar-refractivity contribution is 6.03. The summed E-state index contributed by atoms with van der Waals surface area (Å²) in [6, 6.07) is 5.26. The summed E-state index contributed by atoms with van der Waals surface area (Å²) in [6.45, 7) is 0.883. The van der Waals surface area contributed by atoms with Gasteiger partial charge in [-0.2, -0.15) is 5.10 Å². The van der Waals surface area contributed by atoms with Crippen LogP contribution in [0.3, 0.4) is 0 Å². The Bertz CT molecular complexity index is 596. The molecule has 0 bridgehead atoms. The van der Waals surface area contributed by atoms with Gasteiger partial charge in [-0.15, -0.1) is 0 Å². The number of pyridine rings is 1. The maximum Gasteiger partial charge on any atom is 0.277 e. The van der Waals surface area contributed by atoms with E-state index in [2.05, 4.69) is 15.4 Å². The third-order valence-electron chi connectivity index (χ3n) is 3.22. The Labute approximate surface area is 110 Å². The van der Waals surface area contributed by atoms with Gasteiger partial charge in [-0.25, -0.2) is 4.98 Å². The standard InChI is InChI=1S/C13H15N5O/c14-10-5-3-6-15-12(10)16-13(19)11-8-9-4-1-2-7-18(9)17-11/h3,5-6,8H,1-2,4,7,14H2,(H,15,16,19). The van der Waals surface area contributed by atoms with Crippen molar-refractivity contribution in [2.75, 3.05) is 11.1 Å². The smallest absolute Gasteiger partial charge is 0.277 e. The highest BCUT2D eigenvalue weighted by Crippen LogP contribution is 2.17. The van der Waals surface area contributed by atoms with Gasteiger partial charge in [-0.1, -0.05) is 0 Å². The predicted octanol–water partition coefficient (Wildman–Crippen LogP) is 1.45. The Morgan fingerprint density at radius 2 is 2.32 bits per heavy atom. The summed E-state index contributed by atoms with van der Waals surface area (Å²) in [5.41, 5.74) is 7.72. The molecule has 2 aromatic rings. The first-order valence-electron chi connectivity index (χ1n) is 6.32. The van der Waals surface area contributed by atoms with Crippen LogP contribution < -0.4 is 11.1 Å². The van der Waals surface area contributed by atoms with Crippen molar-refractivity contribution in [3.05, 3.63) is 35.8 Å². The van der Waals surface area contributed by atoms with Crippen LogP contribution >= 0.6 is 0 Å². The second-order valence-corrected chi connectivity index (χ2v) is 4.60. The SMILES string of the molecule is Nc1cccnc1NC(=O)c1cc2n(n1)CCCC2. The van der Waals surface area contributed by atoms with Crippen molar-refractivity contribution < 1.29 is 4.79 Å². The van der Waals surface area contributed by atoms with Crippen LogP contribution in [0, 0.1) is 0 Å². The fourth-order valence-electron chi connectivity index (χ4n) is 2.22. The Hall–Kier alpha value is -2.37. The lowest BCUT2D eigenvalue weighted by Crippen LogP contribution is -2.16. The minimum atomic E-state index is -0.271. The summed E-state index contributed by atoms with van der Waals surface area (Å²) in [6.07, 6.45) is 4.83. The van der Waals surface area contributed by atoms with Crippen LogP contribution in [0.1, 0.15) is 29.0 Å². The molecule has 0 fully saturated rings. The number of fused-ring (bicyclic) bond motifs is 1. The normalized spacial score (nSPS) is 13.9. The van der Waals surface area contributed by atoms with Crippen LogP contribution in [-0.2, 0) is 13.0 Å². The molecule has 0 aliphatic carbocycles. The molecule has 3 heterocycles. The summed E-state index contributed by atoms with van der Waals surface area (Å²) in [4.78, 5) is 16.1. The molecule has 6 heteroatoms. The first kappa shape index (κ1) is 11.7. The number of amides is 1. The summed E-state index contributed by atoms with van der Waals surface area (Å²) >= 11 is 0. The molecule has 0 aromatic carbocycles. The zero-order valence-electron chi connectivity index (χ0n) is 10.5. The molecular formula is C13H15N5O. The molecule has 0 unspecified atom stereocenters. The van der Waals surface area contributed by atoms with Crippen molar-refractivity contribution in [3.8, 4) is 0 Å². The van der Waals surface area contributed by atoms with Crippen molar-refractivity contribution >= 4 is 17.4 Å². The Morgan fingerprint density at radius 1 is 1.42 bits per heavy atom. The number of nitrogens with two attached hydrogens (primary N) is 1. The molecule has 2 aromatic heterocycles. The van der Waals surface area contributed by atoms with Crippen LogP contribution in [0.5, 0.6) is 0 Å². The molecular weight excluding hydrogens is 242 g/mol. The van der Waals surface area contributed by atoms with Crippen molar-refractivity contribution in [1.29, 1.82) is 0 Å². The van der Waals surface area contributed by atoms with E-state index < -0.39 is 0 Å². The van der Waals surface area contributed by atoms with Gasteiger partial charge in [0, 0.05) is 18.4 Å². The minimum absolute atomic E-state index is 0.271. The van der Waals surface area contributed by atoms with Crippen molar-refractivity contribution in [3.63, 3.8) is 0 Å². The molecule has 0 saturated heterocycles. The molecule has 1 amide bonds. The van der Waals surface area contributed by atoms with E-state index in [0.29, 0.717) is 17.2 Å². The molecule has 1 aliphatic heterocycles. The largest absolute Gasteiger partial charge is 0.396 e. The van der Waals surface area contributed by atoms with Crippen molar-refractivity contribution in [2.24, 2.45) is 0 Å². The molecule has 98 valence electrons. The molecule has 6 nitrogen and oxygen atoms in total. The maximum atomic E-state index is 12.1. The molecule has 19 heavy (non-hydrogen) atoms. The molecule has 3 rings (SSSR count). The third kappa shape index (κ3) is 2.29. The lowest BCUT2D eigenvalue weighted by atomic mass is 10.1. The topological polar surface area (TPSA) is 85.8 Å². The number of aromatic nitrogens is 3. The van der Waals surface area contributed by atoms with Gasteiger partial charge in [0.05, 0.1) is 5.69 Å². The lowest BCUT2D eigenvalue weighted by Gasteiger charge is -2.11. The first-order chi connectivity index (χ1) is 9.24. The van der Waals surface area contributed by atoms with Gasteiger partial charge in [-0.05, 0) is 37.5 Å². The van der Waals surface area contributed by atoms with Gasteiger partial charge < -0.3 is 11.1 Å². The van der Waals surface area contributed by atoms with Gasteiger partial charge in [0.25, 0.3) is 5.91 Å². The number of nitrogens with zero attached hydrogens (tertiary/aromatic N) is 3. The van der Waals surface area contributed by atoms with Crippen LogP contribution in [0.2, 0.25) is 0 Å². The summed E-state index contributed by atoms with van der Waals surface area (Å²) in [5, 5.41) is 7.00. The number of carbonyl (C=O) groups is 1. The average molecular weight is 257 g/mol. The van der Waals surface area contributed by atoms with Gasteiger partial charge in [0.2, 0.25) is 0 Å². The van der Waals surface area contributed by atoms with Crippen LogP contribution in [0.25, 0.3) is 0 Å². The van der Waals surface area contributed by atoms with Gasteiger partial charge >= 0.3 is 0 Å². The quantitative estimate of drug-likeness (QED) is 0.852. The van der Waals surface area contributed by atoms with Crippen molar-refractivity contribution in [1.82, 2.24) is 14.8 Å². The molecule has 1 aliphatic rings. The number of rotatable bonds is 2. The second kappa shape index (κ2) is 4.72. The van der Waals surface area contributed by atoms with E-state index in [1.54, 1.807) is 18.3 Å². The van der Waals surface area contributed by atoms with Crippen LogP contribution in [0.4, 0.5) is 11.5 Å². The maximum absolute atomic E-state index is 12.1. The number of aryl methyl sites for hydroxylation is 2. The summed E-state index contributed by atoms with van der Waals surface area (Å²) in [7, 11) is 0. The van der Waals surface area contributed by atoms with E-state index in [1.165, 1.54) is 0 Å². The lowest BCUT2D eigenvalue weighted by molar-refractivity contribution is 0.102. The average Bonchev–Trinajstić information content (AvgIpc) is 2.85. The third-order valence-corrected chi connectivity index (χ3v) is 3.22. The van der Waals surface area contributed by atoms with E-state index in [-0.39, 0.29) is 5.91 Å². The monoisotopic (exact) mass is 257 g/mol. The molecule has 0 radical (unpaired) electrons. The Kier molecular flexibility index (Phi) is 2.91. The fourth-order valence-corrected chi connectivity index (χ4v) is 2.22. The highest BCUT2D eigenvalue weighted by Gasteiger charge is 2.17. The Morgan fingerprint density at radius 3 is 3.11 bits per heavy atom. The summed E-state index contributed by atoms with van der Waals surface area (Å²) < 4.78 is 1.90. The molecule has 0 saturated carbocycles.